The molecule has 1 aromatic carbocycles. The van der Waals surface area contributed by atoms with Crippen LogP contribution < -0.4 is 15.0 Å². The molecule has 1 heterocycles. The van der Waals surface area contributed by atoms with E-state index in [0.717, 1.165) is 43.2 Å². The Hall–Kier alpha value is -2.30. The Morgan fingerprint density at radius 1 is 1.05 bits per heavy atom. The van der Waals surface area contributed by atoms with Gasteiger partial charge in [0.25, 0.3) is 0 Å². The molecule has 2 aromatic rings. The zero-order valence-electron chi connectivity index (χ0n) is 13.5. The van der Waals surface area contributed by atoms with Crippen molar-refractivity contribution in [3.8, 4) is 5.75 Å². The van der Waals surface area contributed by atoms with Gasteiger partial charge >= 0.3 is 0 Å². The average molecular weight is 300 g/mol. The SMILES string of the molecule is CCCN(CCC)c1ccnc(Nc2ccc(OC)cc2)n1. The molecule has 0 aliphatic rings. The maximum Gasteiger partial charge on any atom is 0.229 e. The fourth-order valence-electron chi connectivity index (χ4n) is 2.27. The van der Waals surface area contributed by atoms with Crippen molar-refractivity contribution in [2.75, 3.05) is 30.4 Å². The molecule has 0 bridgehead atoms. The first-order chi connectivity index (χ1) is 10.8. The van der Waals surface area contributed by atoms with Crippen LogP contribution in [-0.4, -0.2) is 30.2 Å². The highest BCUT2D eigenvalue weighted by Gasteiger charge is 2.07. The molecule has 5 nitrogen and oxygen atoms in total. The molecule has 0 aliphatic heterocycles. The van der Waals surface area contributed by atoms with E-state index in [0.29, 0.717) is 5.95 Å². The molecular weight excluding hydrogens is 276 g/mol. The molecule has 1 N–H and O–H groups in total. The molecule has 0 saturated heterocycles. The molecule has 118 valence electrons. The van der Waals surface area contributed by atoms with Crippen LogP contribution in [0.2, 0.25) is 0 Å². The molecule has 22 heavy (non-hydrogen) atoms. The second-order valence-corrected chi connectivity index (χ2v) is 5.08. The number of benzene rings is 1. The van der Waals surface area contributed by atoms with Gasteiger partial charge in [0, 0.05) is 25.0 Å². The van der Waals surface area contributed by atoms with E-state index in [-0.39, 0.29) is 0 Å². The van der Waals surface area contributed by atoms with E-state index in [4.69, 9.17) is 4.74 Å². The van der Waals surface area contributed by atoms with Gasteiger partial charge in [-0.05, 0) is 43.2 Å². The molecule has 0 spiro atoms. The Morgan fingerprint density at radius 3 is 2.32 bits per heavy atom. The maximum absolute atomic E-state index is 5.16. The summed E-state index contributed by atoms with van der Waals surface area (Å²) in [7, 11) is 1.66. The monoisotopic (exact) mass is 300 g/mol. The fraction of sp³-hybridized carbons (Fsp3) is 0.412. The Bertz CT molecular complexity index is 565. The highest BCUT2D eigenvalue weighted by molar-refractivity contribution is 5.56. The third-order valence-electron chi connectivity index (χ3n) is 3.30. The first-order valence-electron chi connectivity index (χ1n) is 7.76. The van der Waals surface area contributed by atoms with Gasteiger partial charge < -0.3 is 15.0 Å². The van der Waals surface area contributed by atoms with Crippen molar-refractivity contribution in [1.29, 1.82) is 0 Å². The lowest BCUT2D eigenvalue weighted by molar-refractivity contribution is 0.415. The molecular formula is C17H24N4O. The summed E-state index contributed by atoms with van der Waals surface area (Å²) in [6.07, 6.45) is 4.00. The third-order valence-corrected chi connectivity index (χ3v) is 3.30. The van der Waals surface area contributed by atoms with Crippen LogP contribution in [0.25, 0.3) is 0 Å². The van der Waals surface area contributed by atoms with Gasteiger partial charge in [-0.2, -0.15) is 4.98 Å². The summed E-state index contributed by atoms with van der Waals surface area (Å²) in [6.45, 7) is 6.38. The van der Waals surface area contributed by atoms with Gasteiger partial charge in [0.2, 0.25) is 5.95 Å². The van der Waals surface area contributed by atoms with Crippen molar-refractivity contribution in [1.82, 2.24) is 9.97 Å². The van der Waals surface area contributed by atoms with Crippen LogP contribution in [0, 0.1) is 0 Å². The number of nitrogens with one attached hydrogen (secondary N) is 1. The molecule has 0 fully saturated rings. The lowest BCUT2D eigenvalue weighted by Gasteiger charge is -2.22. The number of anilines is 3. The van der Waals surface area contributed by atoms with Gasteiger partial charge in [0.05, 0.1) is 7.11 Å². The maximum atomic E-state index is 5.16. The van der Waals surface area contributed by atoms with Gasteiger partial charge in [-0.3, -0.25) is 0 Å². The summed E-state index contributed by atoms with van der Waals surface area (Å²) >= 11 is 0. The van der Waals surface area contributed by atoms with Crippen LogP contribution >= 0.6 is 0 Å². The van der Waals surface area contributed by atoms with Crippen molar-refractivity contribution in [2.45, 2.75) is 26.7 Å². The summed E-state index contributed by atoms with van der Waals surface area (Å²) < 4.78 is 5.16. The largest absolute Gasteiger partial charge is 0.497 e. The minimum Gasteiger partial charge on any atom is -0.497 e. The van der Waals surface area contributed by atoms with Crippen LogP contribution in [0.4, 0.5) is 17.5 Å². The number of aromatic nitrogens is 2. The Balaban J connectivity index is 2.12. The van der Waals surface area contributed by atoms with Crippen LogP contribution in [0.5, 0.6) is 5.75 Å². The van der Waals surface area contributed by atoms with E-state index in [9.17, 15) is 0 Å². The number of hydrogen-bond donors (Lipinski definition) is 1. The molecule has 2 rings (SSSR count). The fourth-order valence-corrected chi connectivity index (χ4v) is 2.27. The molecule has 0 unspecified atom stereocenters. The molecule has 5 heteroatoms. The van der Waals surface area contributed by atoms with E-state index in [1.54, 1.807) is 13.3 Å². The molecule has 1 aromatic heterocycles. The molecule has 0 saturated carbocycles. The van der Waals surface area contributed by atoms with E-state index in [1.807, 2.05) is 30.3 Å². The Labute approximate surface area is 132 Å². The topological polar surface area (TPSA) is 50.3 Å². The quantitative estimate of drug-likeness (QED) is 0.802. The third kappa shape index (κ3) is 4.35. The van der Waals surface area contributed by atoms with Crippen molar-refractivity contribution in [3.63, 3.8) is 0 Å². The predicted octanol–water partition coefficient (Wildman–Crippen LogP) is 3.86. The zero-order valence-corrected chi connectivity index (χ0v) is 13.5. The smallest absolute Gasteiger partial charge is 0.229 e. The van der Waals surface area contributed by atoms with E-state index >= 15 is 0 Å². The number of hydrogen-bond acceptors (Lipinski definition) is 5. The van der Waals surface area contributed by atoms with E-state index in [1.165, 1.54) is 0 Å². The molecule has 0 amide bonds. The van der Waals surface area contributed by atoms with E-state index < -0.39 is 0 Å². The van der Waals surface area contributed by atoms with Crippen LogP contribution in [-0.2, 0) is 0 Å². The summed E-state index contributed by atoms with van der Waals surface area (Å²) in [5.41, 5.74) is 0.940. The van der Waals surface area contributed by atoms with Crippen molar-refractivity contribution < 1.29 is 4.74 Å². The van der Waals surface area contributed by atoms with Gasteiger partial charge in [-0.1, -0.05) is 13.8 Å². The van der Waals surface area contributed by atoms with Gasteiger partial charge in [-0.15, -0.1) is 0 Å². The average Bonchev–Trinajstić information content (AvgIpc) is 2.56. The Kier molecular flexibility index (Phi) is 6.01. The van der Waals surface area contributed by atoms with Gasteiger partial charge in [0.1, 0.15) is 11.6 Å². The zero-order chi connectivity index (χ0) is 15.8. The lowest BCUT2D eigenvalue weighted by Crippen LogP contribution is -2.26. The molecule has 0 aliphatic carbocycles. The van der Waals surface area contributed by atoms with Gasteiger partial charge in [0.15, 0.2) is 0 Å². The van der Waals surface area contributed by atoms with Crippen molar-refractivity contribution in [3.05, 3.63) is 36.5 Å². The van der Waals surface area contributed by atoms with Crippen LogP contribution in [0.3, 0.4) is 0 Å². The number of methoxy groups -OCH3 is 1. The summed E-state index contributed by atoms with van der Waals surface area (Å²) in [5.74, 6) is 2.41. The minimum absolute atomic E-state index is 0.611. The Morgan fingerprint density at radius 2 is 1.73 bits per heavy atom. The van der Waals surface area contributed by atoms with Crippen LogP contribution in [0.15, 0.2) is 36.5 Å². The predicted molar refractivity (Wildman–Crippen MR) is 91.1 cm³/mol. The first-order valence-corrected chi connectivity index (χ1v) is 7.76. The normalized spacial score (nSPS) is 10.3. The molecule has 0 atom stereocenters. The lowest BCUT2D eigenvalue weighted by atomic mass is 10.3. The first kappa shape index (κ1) is 16.1. The summed E-state index contributed by atoms with van der Waals surface area (Å²) in [6, 6.07) is 9.68. The summed E-state index contributed by atoms with van der Waals surface area (Å²) in [5, 5.41) is 3.23. The van der Waals surface area contributed by atoms with Gasteiger partial charge in [-0.25, -0.2) is 4.98 Å². The highest BCUT2D eigenvalue weighted by atomic mass is 16.5. The minimum atomic E-state index is 0.611. The van der Waals surface area contributed by atoms with Crippen molar-refractivity contribution >= 4 is 17.5 Å². The molecule has 0 radical (unpaired) electrons. The standard InChI is InChI=1S/C17H24N4O/c1-4-12-21(13-5-2)16-10-11-18-17(20-16)19-14-6-8-15(22-3)9-7-14/h6-11H,4-5,12-13H2,1-3H3,(H,18,19,20). The number of nitrogens with zero attached hydrogens (tertiary/aromatic N) is 3. The second kappa shape index (κ2) is 8.22. The van der Waals surface area contributed by atoms with E-state index in [2.05, 4.69) is 34.0 Å². The highest BCUT2D eigenvalue weighted by Crippen LogP contribution is 2.19. The number of rotatable bonds is 8. The van der Waals surface area contributed by atoms with Crippen molar-refractivity contribution in [2.24, 2.45) is 0 Å². The summed E-state index contributed by atoms with van der Waals surface area (Å²) in [4.78, 5) is 11.2. The second-order valence-electron chi connectivity index (χ2n) is 5.08. The number of ether oxygens (including phenoxy) is 1. The van der Waals surface area contributed by atoms with Crippen LogP contribution in [0.1, 0.15) is 26.7 Å².